The van der Waals surface area contributed by atoms with E-state index in [1.165, 1.54) is 0 Å². The van der Waals surface area contributed by atoms with Crippen LogP contribution in [0.25, 0.3) is 0 Å². The summed E-state index contributed by atoms with van der Waals surface area (Å²) in [7, 11) is 0. The van der Waals surface area contributed by atoms with Gasteiger partial charge >= 0.3 is 5.97 Å². The molecule has 0 saturated heterocycles. The van der Waals surface area contributed by atoms with E-state index in [1.54, 1.807) is 0 Å². The highest BCUT2D eigenvalue weighted by Crippen LogP contribution is 2.20. The van der Waals surface area contributed by atoms with Crippen LogP contribution in [0.4, 0.5) is 0 Å². The summed E-state index contributed by atoms with van der Waals surface area (Å²) in [6, 6.07) is 0. The Labute approximate surface area is 92.5 Å². The number of aliphatic carboxylic acids is 1. The SMILES string of the molecule is CCCC(O)C(CC)CCCCC(=O)O. The maximum atomic E-state index is 10.3. The molecule has 0 aromatic heterocycles. The van der Waals surface area contributed by atoms with E-state index in [-0.39, 0.29) is 12.5 Å². The van der Waals surface area contributed by atoms with Crippen molar-refractivity contribution in [2.45, 2.75) is 64.9 Å². The van der Waals surface area contributed by atoms with Gasteiger partial charge in [0.15, 0.2) is 0 Å². The van der Waals surface area contributed by atoms with Gasteiger partial charge in [-0.2, -0.15) is 0 Å². The number of aliphatic hydroxyl groups excluding tert-OH is 1. The Balaban J connectivity index is 3.65. The van der Waals surface area contributed by atoms with Gasteiger partial charge in [0.25, 0.3) is 0 Å². The van der Waals surface area contributed by atoms with Gasteiger partial charge in [-0.05, 0) is 25.2 Å². The topological polar surface area (TPSA) is 57.5 Å². The molecule has 2 unspecified atom stereocenters. The first-order valence-electron chi connectivity index (χ1n) is 6.01. The zero-order valence-corrected chi connectivity index (χ0v) is 9.91. The molecule has 15 heavy (non-hydrogen) atoms. The lowest BCUT2D eigenvalue weighted by atomic mass is 9.90. The molecule has 2 atom stereocenters. The third-order valence-electron chi connectivity index (χ3n) is 2.87. The largest absolute Gasteiger partial charge is 0.481 e. The Kier molecular flexibility index (Phi) is 8.38. The van der Waals surface area contributed by atoms with E-state index in [0.717, 1.165) is 38.5 Å². The van der Waals surface area contributed by atoms with Gasteiger partial charge in [0.2, 0.25) is 0 Å². The highest BCUT2D eigenvalue weighted by atomic mass is 16.4. The van der Waals surface area contributed by atoms with Gasteiger partial charge in [0.05, 0.1) is 6.10 Å². The Morgan fingerprint density at radius 3 is 2.33 bits per heavy atom. The van der Waals surface area contributed by atoms with E-state index >= 15 is 0 Å². The molecular formula is C12H24O3. The molecule has 0 aliphatic heterocycles. The van der Waals surface area contributed by atoms with Crippen molar-refractivity contribution in [1.29, 1.82) is 0 Å². The molecule has 0 bridgehead atoms. The molecule has 0 amide bonds. The molecule has 0 aliphatic carbocycles. The summed E-state index contributed by atoms with van der Waals surface area (Å²) in [4.78, 5) is 10.3. The number of rotatable bonds is 9. The van der Waals surface area contributed by atoms with Crippen molar-refractivity contribution in [3.63, 3.8) is 0 Å². The number of carboxylic acids is 1. The van der Waals surface area contributed by atoms with Gasteiger partial charge in [-0.25, -0.2) is 0 Å². The average molecular weight is 216 g/mol. The summed E-state index contributed by atoms with van der Waals surface area (Å²) in [5, 5.41) is 18.3. The number of hydrogen-bond donors (Lipinski definition) is 2. The van der Waals surface area contributed by atoms with Crippen LogP contribution in [0, 0.1) is 5.92 Å². The third-order valence-corrected chi connectivity index (χ3v) is 2.87. The van der Waals surface area contributed by atoms with E-state index in [1.807, 2.05) is 0 Å². The van der Waals surface area contributed by atoms with Crippen LogP contribution in [0.3, 0.4) is 0 Å². The maximum Gasteiger partial charge on any atom is 0.303 e. The molecule has 90 valence electrons. The minimum atomic E-state index is -0.725. The normalized spacial score (nSPS) is 14.9. The molecule has 3 heteroatoms. The van der Waals surface area contributed by atoms with E-state index in [4.69, 9.17) is 5.11 Å². The van der Waals surface area contributed by atoms with E-state index < -0.39 is 5.97 Å². The van der Waals surface area contributed by atoms with Gasteiger partial charge < -0.3 is 10.2 Å². The van der Waals surface area contributed by atoms with Crippen molar-refractivity contribution in [2.75, 3.05) is 0 Å². The Morgan fingerprint density at radius 2 is 1.87 bits per heavy atom. The highest BCUT2D eigenvalue weighted by molar-refractivity contribution is 5.66. The first-order valence-corrected chi connectivity index (χ1v) is 6.01. The Hall–Kier alpha value is -0.570. The number of carboxylic acid groups (broad SMARTS) is 1. The van der Waals surface area contributed by atoms with E-state index in [2.05, 4.69) is 13.8 Å². The zero-order valence-electron chi connectivity index (χ0n) is 9.91. The van der Waals surface area contributed by atoms with Crippen LogP contribution in [0.5, 0.6) is 0 Å². The van der Waals surface area contributed by atoms with Crippen LogP contribution >= 0.6 is 0 Å². The van der Waals surface area contributed by atoms with Crippen molar-refractivity contribution in [1.82, 2.24) is 0 Å². The zero-order chi connectivity index (χ0) is 11.7. The lowest BCUT2D eigenvalue weighted by molar-refractivity contribution is -0.137. The molecule has 0 aromatic rings. The third kappa shape index (κ3) is 7.37. The first kappa shape index (κ1) is 14.4. The summed E-state index contributed by atoms with van der Waals surface area (Å²) in [5.41, 5.74) is 0. The lowest BCUT2D eigenvalue weighted by Gasteiger charge is -2.20. The predicted molar refractivity (Wildman–Crippen MR) is 60.8 cm³/mol. The highest BCUT2D eigenvalue weighted by Gasteiger charge is 2.15. The molecular weight excluding hydrogens is 192 g/mol. The molecule has 0 aromatic carbocycles. The lowest BCUT2D eigenvalue weighted by Crippen LogP contribution is -2.19. The second kappa shape index (κ2) is 8.72. The van der Waals surface area contributed by atoms with Gasteiger partial charge in [0, 0.05) is 6.42 Å². The molecule has 0 aliphatic rings. The van der Waals surface area contributed by atoms with Crippen molar-refractivity contribution in [3.05, 3.63) is 0 Å². The summed E-state index contributed by atoms with van der Waals surface area (Å²) in [5.74, 6) is -0.379. The number of unbranched alkanes of at least 4 members (excludes halogenated alkanes) is 1. The Bertz CT molecular complexity index is 168. The van der Waals surface area contributed by atoms with Crippen LogP contribution in [0.2, 0.25) is 0 Å². The van der Waals surface area contributed by atoms with Crippen LogP contribution in [0.1, 0.15) is 58.8 Å². The molecule has 0 radical (unpaired) electrons. The smallest absolute Gasteiger partial charge is 0.303 e. The summed E-state index contributed by atoms with van der Waals surface area (Å²) < 4.78 is 0. The summed E-state index contributed by atoms with van der Waals surface area (Å²) in [6.45, 7) is 4.15. The van der Waals surface area contributed by atoms with E-state index in [9.17, 15) is 9.90 Å². The quantitative estimate of drug-likeness (QED) is 0.583. The summed E-state index contributed by atoms with van der Waals surface area (Å²) >= 11 is 0. The second-order valence-corrected chi connectivity index (χ2v) is 4.16. The summed E-state index contributed by atoms with van der Waals surface area (Å²) in [6.07, 6.45) is 5.48. The predicted octanol–water partition coefficient (Wildman–Crippen LogP) is 2.82. The maximum absolute atomic E-state index is 10.3. The van der Waals surface area contributed by atoms with Crippen molar-refractivity contribution in [3.8, 4) is 0 Å². The van der Waals surface area contributed by atoms with Gasteiger partial charge in [0.1, 0.15) is 0 Å². The number of carbonyl (C=O) groups is 1. The molecule has 2 N–H and O–H groups in total. The van der Waals surface area contributed by atoms with Crippen LogP contribution < -0.4 is 0 Å². The number of hydrogen-bond acceptors (Lipinski definition) is 2. The molecule has 0 spiro atoms. The average Bonchev–Trinajstić information content (AvgIpc) is 2.17. The van der Waals surface area contributed by atoms with Crippen LogP contribution in [0.15, 0.2) is 0 Å². The molecule has 0 rings (SSSR count). The fraction of sp³-hybridized carbons (Fsp3) is 0.917. The minimum Gasteiger partial charge on any atom is -0.481 e. The number of aliphatic hydroxyl groups is 1. The van der Waals surface area contributed by atoms with Crippen LogP contribution in [-0.4, -0.2) is 22.3 Å². The molecule has 0 fully saturated rings. The minimum absolute atomic E-state index is 0.204. The van der Waals surface area contributed by atoms with Crippen molar-refractivity contribution >= 4 is 5.97 Å². The van der Waals surface area contributed by atoms with E-state index in [0.29, 0.717) is 5.92 Å². The standard InChI is InChI=1S/C12H24O3/c1-3-7-11(13)10(4-2)8-5-6-9-12(14)15/h10-11,13H,3-9H2,1-2H3,(H,14,15). The van der Waals surface area contributed by atoms with Crippen molar-refractivity contribution < 1.29 is 15.0 Å². The first-order chi connectivity index (χ1) is 7.11. The second-order valence-electron chi connectivity index (χ2n) is 4.16. The van der Waals surface area contributed by atoms with Gasteiger partial charge in [-0.1, -0.05) is 33.1 Å². The fourth-order valence-electron chi connectivity index (χ4n) is 1.88. The van der Waals surface area contributed by atoms with Crippen LogP contribution in [-0.2, 0) is 4.79 Å². The Morgan fingerprint density at radius 1 is 1.20 bits per heavy atom. The monoisotopic (exact) mass is 216 g/mol. The molecule has 3 nitrogen and oxygen atoms in total. The van der Waals surface area contributed by atoms with Gasteiger partial charge in [-0.15, -0.1) is 0 Å². The molecule has 0 saturated carbocycles. The fourth-order valence-corrected chi connectivity index (χ4v) is 1.88. The molecule has 0 heterocycles. The van der Waals surface area contributed by atoms with Gasteiger partial charge in [-0.3, -0.25) is 4.79 Å². The van der Waals surface area contributed by atoms with Crippen molar-refractivity contribution in [2.24, 2.45) is 5.92 Å².